The van der Waals surface area contributed by atoms with Crippen molar-refractivity contribution >= 4 is 11.6 Å². The minimum absolute atomic E-state index is 0.112. The zero-order valence-electron chi connectivity index (χ0n) is 12.7. The molecule has 120 valence electrons. The molecule has 1 amide bonds. The molecule has 0 aromatic heterocycles. The van der Waals surface area contributed by atoms with E-state index in [0.717, 1.165) is 25.7 Å². The summed E-state index contributed by atoms with van der Waals surface area (Å²) in [5.74, 6) is 0.317. The highest BCUT2D eigenvalue weighted by Gasteiger charge is 2.23. The van der Waals surface area contributed by atoms with Crippen LogP contribution in [0, 0.1) is 10.1 Å². The Morgan fingerprint density at radius 1 is 1.36 bits per heavy atom. The van der Waals surface area contributed by atoms with Crippen molar-refractivity contribution in [3.8, 4) is 11.5 Å². The Kier molecular flexibility index (Phi) is 5.19. The molecule has 0 heterocycles. The number of amides is 1. The van der Waals surface area contributed by atoms with Crippen molar-refractivity contribution < 1.29 is 19.2 Å². The lowest BCUT2D eigenvalue weighted by Gasteiger charge is -2.19. The Balaban J connectivity index is 2.05. The van der Waals surface area contributed by atoms with Crippen LogP contribution in [0.25, 0.3) is 0 Å². The van der Waals surface area contributed by atoms with E-state index in [1.807, 2.05) is 0 Å². The SMILES string of the molecule is COc1ccc([N+](=O)[O-])cc1O[C@@H](C)C(=O)NC1CCCC1. The number of benzene rings is 1. The number of carbonyl (C=O) groups is 1. The summed E-state index contributed by atoms with van der Waals surface area (Å²) in [6, 6.07) is 4.24. The van der Waals surface area contributed by atoms with Gasteiger partial charge in [-0.05, 0) is 25.8 Å². The zero-order valence-corrected chi connectivity index (χ0v) is 12.7. The van der Waals surface area contributed by atoms with Crippen LogP contribution in [0.1, 0.15) is 32.6 Å². The van der Waals surface area contributed by atoms with E-state index < -0.39 is 11.0 Å². The highest BCUT2D eigenvalue weighted by molar-refractivity contribution is 5.81. The zero-order chi connectivity index (χ0) is 16.1. The third-order valence-electron chi connectivity index (χ3n) is 3.73. The van der Waals surface area contributed by atoms with E-state index in [-0.39, 0.29) is 23.4 Å². The maximum absolute atomic E-state index is 12.1. The van der Waals surface area contributed by atoms with Gasteiger partial charge in [-0.2, -0.15) is 0 Å². The van der Waals surface area contributed by atoms with Gasteiger partial charge in [-0.3, -0.25) is 14.9 Å². The molecule has 1 aliphatic rings. The van der Waals surface area contributed by atoms with Crippen molar-refractivity contribution in [3.05, 3.63) is 28.3 Å². The number of rotatable bonds is 6. The quantitative estimate of drug-likeness (QED) is 0.644. The lowest BCUT2D eigenvalue weighted by molar-refractivity contribution is -0.385. The average molecular weight is 308 g/mol. The first-order chi connectivity index (χ1) is 10.5. The van der Waals surface area contributed by atoms with E-state index in [0.29, 0.717) is 5.75 Å². The molecule has 7 heteroatoms. The van der Waals surface area contributed by atoms with Gasteiger partial charge in [0.1, 0.15) is 0 Å². The van der Waals surface area contributed by atoms with E-state index in [1.54, 1.807) is 6.92 Å². The van der Waals surface area contributed by atoms with E-state index in [9.17, 15) is 14.9 Å². The van der Waals surface area contributed by atoms with E-state index in [1.165, 1.54) is 25.3 Å². The van der Waals surface area contributed by atoms with Crippen LogP contribution in [0.4, 0.5) is 5.69 Å². The molecule has 0 radical (unpaired) electrons. The smallest absolute Gasteiger partial charge is 0.273 e. The largest absolute Gasteiger partial charge is 0.493 e. The minimum Gasteiger partial charge on any atom is -0.493 e. The van der Waals surface area contributed by atoms with Crippen LogP contribution in [-0.2, 0) is 4.79 Å². The van der Waals surface area contributed by atoms with Gasteiger partial charge in [0.15, 0.2) is 17.6 Å². The van der Waals surface area contributed by atoms with Crippen molar-refractivity contribution in [2.75, 3.05) is 7.11 Å². The summed E-state index contributed by atoms with van der Waals surface area (Å²) in [5.41, 5.74) is -0.112. The normalized spacial score (nSPS) is 16.1. The topological polar surface area (TPSA) is 90.7 Å². The Morgan fingerprint density at radius 2 is 2.05 bits per heavy atom. The van der Waals surface area contributed by atoms with Gasteiger partial charge >= 0.3 is 0 Å². The standard InChI is InChI=1S/C15H20N2O5/c1-10(15(18)16-11-5-3-4-6-11)22-14-9-12(17(19)20)7-8-13(14)21-2/h7-11H,3-6H2,1-2H3,(H,16,18)/t10-/m0/s1. The van der Waals surface area contributed by atoms with Crippen LogP contribution < -0.4 is 14.8 Å². The Bertz CT molecular complexity index is 555. The molecular weight excluding hydrogens is 288 g/mol. The molecule has 0 unspecified atom stereocenters. The first kappa shape index (κ1) is 16.1. The maximum Gasteiger partial charge on any atom is 0.273 e. The lowest BCUT2D eigenvalue weighted by Crippen LogP contribution is -2.41. The number of non-ortho nitro benzene ring substituents is 1. The summed E-state index contributed by atoms with van der Waals surface area (Å²) >= 11 is 0. The molecule has 1 saturated carbocycles. The van der Waals surface area contributed by atoms with Gasteiger partial charge in [0.25, 0.3) is 11.6 Å². The minimum atomic E-state index is -0.753. The van der Waals surface area contributed by atoms with Crippen LogP contribution in [0.5, 0.6) is 11.5 Å². The summed E-state index contributed by atoms with van der Waals surface area (Å²) in [5, 5.41) is 13.8. The second kappa shape index (κ2) is 7.11. The second-order valence-corrected chi connectivity index (χ2v) is 5.34. The number of methoxy groups -OCH3 is 1. The Morgan fingerprint density at radius 3 is 2.64 bits per heavy atom. The van der Waals surface area contributed by atoms with Crippen LogP contribution in [0.2, 0.25) is 0 Å². The predicted octanol–water partition coefficient (Wildman–Crippen LogP) is 2.43. The fraction of sp³-hybridized carbons (Fsp3) is 0.533. The molecule has 1 aliphatic carbocycles. The van der Waals surface area contributed by atoms with Gasteiger partial charge in [-0.25, -0.2) is 0 Å². The maximum atomic E-state index is 12.1. The van der Waals surface area contributed by atoms with Crippen LogP contribution in [0.15, 0.2) is 18.2 Å². The number of nitrogens with one attached hydrogen (secondary N) is 1. The number of hydrogen-bond acceptors (Lipinski definition) is 5. The molecular formula is C15H20N2O5. The fourth-order valence-corrected chi connectivity index (χ4v) is 2.50. The van der Waals surface area contributed by atoms with Crippen molar-refractivity contribution in [2.45, 2.75) is 44.8 Å². The van der Waals surface area contributed by atoms with Gasteiger partial charge in [0.05, 0.1) is 18.1 Å². The average Bonchev–Trinajstić information content (AvgIpc) is 2.99. The molecule has 7 nitrogen and oxygen atoms in total. The van der Waals surface area contributed by atoms with Crippen LogP contribution in [-0.4, -0.2) is 30.1 Å². The van der Waals surface area contributed by atoms with E-state index in [4.69, 9.17) is 9.47 Å². The molecule has 1 N–H and O–H groups in total. The molecule has 0 bridgehead atoms. The lowest BCUT2D eigenvalue weighted by atomic mass is 10.2. The van der Waals surface area contributed by atoms with Gasteiger partial charge in [0, 0.05) is 12.1 Å². The van der Waals surface area contributed by atoms with Gasteiger partial charge in [-0.15, -0.1) is 0 Å². The summed E-state index contributed by atoms with van der Waals surface area (Å²) in [4.78, 5) is 22.4. The second-order valence-electron chi connectivity index (χ2n) is 5.34. The first-order valence-corrected chi connectivity index (χ1v) is 7.30. The monoisotopic (exact) mass is 308 g/mol. The van der Waals surface area contributed by atoms with Crippen LogP contribution >= 0.6 is 0 Å². The van der Waals surface area contributed by atoms with E-state index >= 15 is 0 Å². The molecule has 1 atom stereocenters. The van der Waals surface area contributed by atoms with E-state index in [2.05, 4.69) is 5.32 Å². The molecule has 2 rings (SSSR count). The molecule has 0 saturated heterocycles. The number of nitrogens with zero attached hydrogens (tertiary/aromatic N) is 1. The van der Waals surface area contributed by atoms with Crippen molar-refractivity contribution in [1.82, 2.24) is 5.32 Å². The molecule has 22 heavy (non-hydrogen) atoms. The molecule has 1 aromatic carbocycles. The van der Waals surface area contributed by atoms with Crippen molar-refractivity contribution in [3.63, 3.8) is 0 Å². The predicted molar refractivity (Wildman–Crippen MR) is 80.1 cm³/mol. The van der Waals surface area contributed by atoms with Gasteiger partial charge in [-0.1, -0.05) is 12.8 Å². The fourth-order valence-electron chi connectivity index (χ4n) is 2.50. The van der Waals surface area contributed by atoms with Crippen molar-refractivity contribution in [2.24, 2.45) is 0 Å². The molecule has 1 aromatic rings. The highest BCUT2D eigenvalue weighted by atomic mass is 16.6. The summed E-state index contributed by atoms with van der Waals surface area (Å²) in [6.45, 7) is 1.61. The Hall–Kier alpha value is -2.31. The van der Waals surface area contributed by atoms with Crippen molar-refractivity contribution in [1.29, 1.82) is 0 Å². The Labute approximate surface area is 128 Å². The number of ether oxygens (including phenoxy) is 2. The van der Waals surface area contributed by atoms with Crippen LogP contribution in [0.3, 0.4) is 0 Å². The molecule has 0 spiro atoms. The van der Waals surface area contributed by atoms with Gasteiger partial charge < -0.3 is 14.8 Å². The summed E-state index contributed by atoms with van der Waals surface area (Å²) < 4.78 is 10.7. The number of nitro groups is 1. The highest BCUT2D eigenvalue weighted by Crippen LogP contribution is 2.32. The summed E-state index contributed by atoms with van der Waals surface area (Å²) in [7, 11) is 1.44. The third kappa shape index (κ3) is 3.87. The first-order valence-electron chi connectivity index (χ1n) is 7.30. The number of hydrogen-bond donors (Lipinski definition) is 1. The molecule has 1 fully saturated rings. The van der Waals surface area contributed by atoms with Gasteiger partial charge in [0.2, 0.25) is 0 Å². The number of nitro benzene ring substituents is 1. The molecule has 0 aliphatic heterocycles. The number of carbonyl (C=O) groups excluding carboxylic acids is 1. The summed E-state index contributed by atoms with van der Waals surface area (Å²) in [6.07, 6.45) is 3.46. The third-order valence-corrected chi connectivity index (χ3v) is 3.73.